The van der Waals surface area contributed by atoms with E-state index >= 15 is 0 Å². The quantitative estimate of drug-likeness (QED) is 0.706. The van der Waals surface area contributed by atoms with Gasteiger partial charge in [0.25, 0.3) is 0 Å². The highest BCUT2D eigenvalue weighted by Gasteiger charge is 2.10. The molecule has 5 heteroatoms. The zero-order valence-electron chi connectivity index (χ0n) is 14.1. The first kappa shape index (κ1) is 16.6. The number of carbonyl (C=O) groups is 1. The van der Waals surface area contributed by atoms with E-state index in [4.69, 9.17) is 5.10 Å². The van der Waals surface area contributed by atoms with Crippen LogP contribution in [0.25, 0.3) is 17.3 Å². The maximum absolute atomic E-state index is 11.7. The smallest absolute Gasteiger partial charge is 0.243 e. The van der Waals surface area contributed by atoms with Crippen molar-refractivity contribution in [1.29, 1.82) is 0 Å². The number of hydrogen-bond acceptors (Lipinski definition) is 3. The average Bonchev–Trinajstić information content (AvgIpc) is 3.04. The van der Waals surface area contributed by atoms with Crippen LogP contribution in [0.1, 0.15) is 18.1 Å². The van der Waals surface area contributed by atoms with Crippen molar-refractivity contribution in [2.45, 2.75) is 13.5 Å². The second-order valence-corrected chi connectivity index (χ2v) is 5.59. The van der Waals surface area contributed by atoms with Crippen molar-refractivity contribution in [2.75, 3.05) is 6.54 Å². The first-order chi connectivity index (χ1) is 12.3. The van der Waals surface area contributed by atoms with E-state index in [-0.39, 0.29) is 5.91 Å². The summed E-state index contributed by atoms with van der Waals surface area (Å²) in [6, 6.07) is 14.0. The summed E-state index contributed by atoms with van der Waals surface area (Å²) in [5.74, 6) is -0.115. The summed E-state index contributed by atoms with van der Waals surface area (Å²) in [5.41, 5.74) is 3.78. The predicted octanol–water partition coefficient (Wildman–Crippen LogP) is 3.14. The predicted molar refractivity (Wildman–Crippen MR) is 98.7 cm³/mol. The number of nitrogens with one attached hydrogen (secondary N) is 1. The molecule has 0 radical (unpaired) electrons. The molecule has 2 aromatic heterocycles. The van der Waals surface area contributed by atoms with Crippen molar-refractivity contribution >= 4 is 12.0 Å². The summed E-state index contributed by atoms with van der Waals surface area (Å²) >= 11 is 0. The minimum Gasteiger partial charge on any atom is -0.353 e. The van der Waals surface area contributed by atoms with Crippen LogP contribution < -0.4 is 5.32 Å². The molecule has 0 aliphatic carbocycles. The summed E-state index contributed by atoms with van der Waals surface area (Å²) in [7, 11) is 0. The standard InChI is InChI=1S/C20H20N4O/c1-2-22-19(25)11-10-18-15-24(14-16-7-4-3-5-8-16)23-20(18)17-9-6-12-21-13-17/h3-13,15H,2,14H2,1H3,(H,22,25). The van der Waals surface area contributed by atoms with Crippen molar-refractivity contribution in [3.05, 3.63) is 78.3 Å². The Morgan fingerprint density at radius 3 is 2.76 bits per heavy atom. The van der Waals surface area contributed by atoms with E-state index in [0.29, 0.717) is 13.1 Å². The van der Waals surface area contributed by atoms with Gasteiger partial charge in [-0.05, 0) is 30.7 Å². The molecule has 0 spiro atoms. The fourth-order valence-corrected chi connectivity index (χ4v) is 2.54. The molecule has 1 amide bonds. The van der Waals surface area contributed by atoms with Crippen LogP contribution in [0.4, 0.5) is 0 Å². The van der Waals surface area contributed by atoms with Crippen LogP contribution in [-0.4, -0.2) is 27.2 Å². The Kier molecular flexibility index (Phi) is 5.36. The van der Waals surface area contributed by atoms with Gasteiger partial charge in [0.1, 0.15) is 5.69 Å². The van der Waals surface area contributed by atoms with Crippen LogP contribution in [0.3, 0.4) is 0 Å². The molecule has 0 saturated heterocycles. The average molecular weight is 332 g/mol. The van der Waals surface area contributed by atoms with Crippen LogP contribution in [0.2, 0.25) is 0 Å². The van der Waals surface area contributed by atoms with Crippen molar-refractivity contribution in [2.24, 2.45) is 0 Å². The van der Waals surface area contributed by atoms with Crippen molar-refractivity contribution < 1.29 is 4.79 Å². The number of aromatic nitrogens is 3. The number of likely N-dealkylation sites (N-methyl/N-ethyl adjacent to an activating group) is 1. The van der Waals surface area contributed by atoms with Gasteiger partial charge in [-0.3, -0.25) is 14.5 Å². The van der Waals surface area contributed by atoms with Crippen LogP contribution in [0, 0.1) is 0 Å². The van der Waals surface area contributed by atoms with E-state index in [1.807, 2.05) is 48.1 Å². The molecular formula is C20H20N4O. The lowest BCUT2D eigenvalue weighted by atomic mass is 10.1. The van der Waals surface area contributed by atoms with E-state index in [0.717, 1.165) is 16.8 Å². The number of carbonyl (C=O) groups excluding carboxylic acids is 1. The number of amides is 1. The maximum Gasteiger partial charge on any atom is 0.243 e. The molecule has 0 bridgehead atoms. The molecule has 126 valence electrons. The van der Waals surface area contributed by atoms with Crippen molar-refractivity contribution in [3.8, 4) is 11.3 Å². The van der Waals surface area contributed by atoms with E-state index in [9.17, 15) is 4.79 Å². The number of benzene rings is 1. The summed E-state index contributed by atoms with van der Waals surface area (Å²) in [6.07, 6.45) is 8.79. The second kappa shape index (κ2) is 8.06. The number of hydrogen-bond donors (Lipinski definition) is 1. The highest BCUT2D eigenvalue weighted by atomic mass is 16.1. The Morgan fingerprint density at radius 1 is 1.20 bits per heavy atom. The van der Waals surface area contributed by atoms with E-state index in [2.05, 4.69) is 22.4 Å². The molecule has 0 atom stereocenters. The molecule has 5 nitrogen and oxygen atoms in total. The maximum atomic E-state index is 11.7. The Morgan fingerprint density at radius 2 is 2.04 bits per heavy atom. The minimum atomic E-state index is -0.115. The van der Waals surface area contributed by atoms with Crippen molar-refractivity contribution in [1.82, 2.24) is 20.1 Å². The van der Waals surface area contributed by atoms with Gasteiger partial charge in [0, 0.05) is 42.3 Å². The van der Waals surface area contributed by atoms with E-state index < -0.39 is 0 Å². The lowest BCUT2D eigenvalue weighted by molar-refractivity contribution is -0.116. The highest BCUT2D eigenvalue weighted by molar-refractivity contribution is 5.92. The summed E-state index contributed by atoms with van der Waals surface area (Å²) < 4.78 is 1.88. The molecule has 3 aromatic rings. The summed E-state index contributed by atoms with van der Waals surface area (Å²) in [6.45, 7) is 3.17. The van der Waals surface area contributed by atoms with E-state index in [1.54, 1.807) is 18.5 Å². The first-order valence-corrected chi connectivity index (χ1v) is 8.24. The minimum absolute atomic E-state index is 0.115. The van der Waals surface area contributed by atoms with Gasteiger partial charge in [0.05, 0.1) is 6.54 Å². The van der Waals surface area contributed by atoms with Gasteiger partial charge in [-0.15, -0.1) is 0 Å². The normalized spacial score (nSPS) is 10.9. The van der Waals surface area contributed by atoms with Gasteiger partial charge in [0.2, 0.25) is 5.91 Å². The molecule has 0 aliphatic rings. The van der Waals surface area contributed by atoms with E-state index in [1.165, 1.54) is 11.6 Å². The summed E-state index contributed by atoms with van der Waals surface area (Å²) in [5, 5.41) is 7.45. The van der Waals surface area contributed by atoms with Crippen LogP contribution >= 0.6 is 0 Å². The zero-order valence-corrected chi connectivity index (χ0v) is 14.1. The lowest BCUT2D eigenvalue weighted by Crippen LogP contribution is -2.19. The molecular weight excluding hydrogens is 312 g/mol. The highest BCUT2D eigenvalue weighted by Crippen LogP contribution is 2.22. The third-order valence-electron chi connectivity index (χ3n) is 3.68. The Bertz CT molecular complexity index is 854. The molecule has 0 aliphatic heterocycles. The molecule has 1 N–H and O–H groups in total. The molecule has 25 heavy (non-hydrogen) atoms. The van der Waals surface area contributed by atoms with Gasteiger partial charge in [0.15, 0.2) is 0 Å². The van der Waals surface area contributed by atoms with Gasteiger partial charge < -0.3 is 5.32 Å². The monoisotopic (exact) mass is 332 g/mol. The Hall–Kier alpha value is -3.21. The van der Waals surface area contributed by atoms with Crippen LogP contribution in [0.15, 0.2) is 67.1 Å². The van der Waals surface area contributed by atoms with Crippen molar-refractivity contribution in [3.63, 3.8) is 0 Å². The zero-order chi connectivity index (χ0) is 17.5. The topological polar surface area (TPSA) is 59.8 Å². The first-order valence-electron chi connectivity index (χ1n) is 8.24. The van der Waals surface area contributed by atoms with Gasteiger partial charge in [-0.1, -0.05) is 30.3 Å². The van der Waals surface area contributed by atoms with Crippen LogP contribution in [-0.2, 0) is 11.3 Å². The summed E-state index contributed by atoms with van der Waals surface area (Å²) in [4.78, 5) is 15.9. The number of pyridine rings is 1. The Balaban J connectivity index is 1.92. The third kappa shape index (κ3) is 4.41. The number of nitrogens with zero attached hydrogens (tertiary/aromatic N) is 3. The Labute approximate surface area is 147 Å². The number of rotatable bonds is 6. The fraction of sp³-hybridized carbons (Fsp3) is 0.150. The van der Waals surface area contributed by atoms with Gasteiger partial charge >= 0.3 is 0 Å². The second-order valence-electron chi connectivity index (χ2n) is 5.59. The molecule has 0 unspecified atom stereocenters. The molecule has 2 heterocycles. The third-order valence-corrected chi connectivity index (χ3v) is 3.68. The van der Waals surface area contributed by atoms with Crippen LogP contribution in [0.5, 0.6) is 0 Å². The van der Waals surface area contributed by atoms with Gasteiger partial charge in [-0.25, -0.2) is 0 Å². The lowest BCUT2D eigenvalue weighted by Gasteiger charge is -2.01. The fourth-order valence-electron chi connectivity index (χ4n) is 2.54. The van der Waals surface area contributed by atoms with Gasteiger partial charge in [-0.2, -0.15) is 5.10 Å². The molecule has 0 fully saturated rings. The molecule has 0 saturated carbocycles. The molecule has 3 rings (SSSR count). The SMILES string of the molecule is CCNC(=O)C=Cc1cn(Cc2ccccc2)nc1-c1cccnc1. The molecule has 1 aromatic carbocycles. The largest absolute Gasteiger partial charge is 0.353 e.